The van der Waals surface area contributed by atoms with Crippen LogP contribution < -0.4 is 0 Å². The summed E-state index contributed by atoms with van der Waals surface area (Å²) in [5.74, 6) is 0. The van der Waals surface area contributed by atoms with Crippen LogP contribution in [0.4, 0.5) is 0 Å². The van der Waals surface area contributed by atoms with Crippen LogP contribution in [0.15, 0.2) is 54.6 Å². The fraction of sp³-hybridized carbons (Fsp3) is 0.0625. The maximum absolute atomic E-state index is 7.60. The molecule has 3 rings (SSSR count). The topological polar surface area (TPSA) is 39.6 Å². The van der Waals surface area contributed by atoms with Crippen LogP contribution in [0.2, 0.25) is 0 Å². The first-order valence-electron chi connectivity index (χ1n) is 6.02. The van der Waals surface area contributed by atoms with Crippen molar-refractivity contribution in [3.63, 3.8) is 0 Å². The van der Waals surface area contributed by atoms with E-state index >= 15 is 0 Å². The molecule has 0 saturated carbocycles. The van der Waals surface area contributed by atoms with E-state index in [-0.39, 0.29) is 0 Å². The predicted octanol–water partition coefficient (Wildman–Crippen LogP) is 3.76. The van der Waals surface area contributed by atoms with Gasteiger partial charge in [-0.1, -0.05) is 48.5 Å². The minimum Gasteiger partial charge on any atom is -0.358 e. The van der Waals surface area contributed by atoms with Gasteiger partial charge < -0.3 is 10.4 Å². The number of aromatic nitrogens is 1. The van der Waals surface area contributed by atoms with Crippen LogP contribution in [-0.4, -0.2) is 11.2 Å². The maximum Gasteiger partial charge on any atom is 0.0462 e. The molecule has 2 aromatic carbocycles. The zero-order valence-corrected chi connectivity index (χ0v) is 9.98. The summed E-state index contributed by atoms with van der Waals surface area (Å²) in [6, 6.07) is 18.5. The molecule has 1 heterocycles. The summed E-state index contributed by atoms with van der Waals surface area (Å²) in [5.41, 5.74) is 4.46. The second-order valence-corrected chi connectivity index (χ2v) is 4.37. The van der Waals surface area contributed by atoms with E-state index in [1.54, 1.807) is 0 Å². The lowest BCUT2D eigenvalue weighted by atomic mass is 10.1. The summed E-state index contributed by atoms with van der Waals surface area (Å²) < 4.78 is 0. The van der Waals surface area contributed by atoms with Crippen LogP contribution in [0, 0.1) is 5.41 Å². The summed E-state index contributed by atoms with van der Waals surface area (Å²) in [7, 11) is 0. The van der Waals surface area contributed by atoms with Gasteiger partial charge >= 0.3 is 0 Å². The van der Waals surface area contributed by atoms with E-state index in [0.29, 0.717) is 0 Å². The molecule has 88 valence electrons. The van der Waals surface area contributed by atoms with Gasteiger partial charge in [0.05, 0.1) is 0 Å². The van der Waals surface area contributed by atoms with Crippen molar-refractivity contribution in [2.45, 2.75) is 6.42 Å². The largest absolute Gasteiger partial charge is 0.358 e. The zero-order chi connectivity index (χ0) is 12.4. The van der Waals surface area contributed by atoms with E-state index in [4.69, 9.17) is 5.41 Å². The van der Waals surface area contributed by atoms with Crippen LogP contribution >= 0.6 is 0 Å². The van der Waals surface area contributed by atoms with Gasteiger partial charge in [0, 0.05) is 34.8 Å². The number of aromatic amines is 1. The standard InChI is InChI=1S/C16H14N2/c17-11-14-13-8-4-5-9-15(13)18-16(14)10-12-6-2-1-3-7-12/h1-9,11,17-18H,10H2. The lowest BCUT2D eigenvalue weighted by Crippen LogP contribution is -1.92. The van der Waals surface area contributed by atoms with Gasteiger partial charge in [0.25, 0.3) is 0 Å². The normalized spacial score (nSPS) is 10.7. The van der Waals surface area contributed by atoms with Gasteiger partial charge in [0.15, 0.2) is 0 Å². The molecule has 0 spiro atoms. The molecule has 0 aliphatic carbocycles. The number of nitrogens with one attached hydrogen (secondary N) is 2. The number of rotatable bonds is 3. The molecule has 3 aromatic rings. The van der Waals surface area contributed by atoms with E-state index in [1.807, 2.05) is 30.3 Å². The number of H-pyrrole nitrogens is 1. The Balaban J connectivity index is 2.09. The lowest BCUT2D eigenvalue weighted by Gasteiger charge is -2.00. The van der Waals surface area contributed by atoms with Crippen molar-refractivity contribution in [2.75, 3.05) is 0 Å². The first-order chi connectivity index (χ1) is 8.88. The average molecular weight is 234 g/mol. The summed E-state index contributed by atoms with van der Waals surface area (Å²) in [5, 5.41) is 8.73. The molecular weight excluding hydrogens is 220 g/mol. The third kappa shape index (κ3) is 1.82. The molecule has 0 bridgehead atoms. The Hall–Kier alpha value is -2.35. The SMILES string of the molecule is N=Cc1c(Cc2ccccc2)[nH]c2ccccc12. The molecule has 0 unspecified atom stereocenters. The number of benzene rings is 2. The molecule has 2 nitrogen and oxygen atoms in total. The highest BCUT2D eigenvalue weighted by Gasteiger charge is 2.09. The van der Waals surface area contributed by atoms with Gasteiger partial charge in [0.1, 0.15) is 0 Å². The Labute approximate surface area is 106 Å². The summed E-state index contributed by atoms with van der Waals surface area (Å²) in [6.45, 7) is 0. The molecule has 0 aliphatic rings. The Morgan fingerprint density at radius 3 is 2.44 bits per heavy atom. The van der Waals surface area contributed by atoms with Gasteiger partial charge in [-0.15, -0.1) is 0 Å². The van der Waals surface area contributed by atoms with Crippen molar-refractivity contribution in [1.82, 2.24) is 4.98 Å². The smallest absolute Gasteiger partial charge is 0.0462 e. The monoisotopic (exact) mass is 234 g/mol. The molecular formula is C16H14N2. The van der Waals surface area contributed by atoms with Gasteiger partial charge in [-0.05, 0) is 11.6 Å². The Morgan fingerprint density at radius 2 is 1.67 bits per heavy atom. The minimum absolute atomic E-state index is 0.834. The Kier molecular flexibility index (Phi) is 2.69. The van der Waals surface area contributed by atoms with Gasteiger partial charge in [-0.25, -0.2) is 0 Å². The van der Waals surface area contributed by atoms with Crippen LogP contribution in [0.3, 0.4) is 0 Å². The Bertz CT molecular complexity index is 681. The number of fused-ring (bicyclic) bond motifs is 1. The van der Waals surface area contributed by atoms with Crippen molar-refractivity contribution in [3.05, 3.63) is 71.4 Å². The highest BCUT2D eigenvalue weighted by Crippen LogP contribution is 2.22. The van der Waals surface area contributed by atoms with Crippen molar-refractivity contribution in [1.29, 1.82) is 5.41 Å². The maximum atomic E-state index is 7.60. The molecule has 0 saturated heterocycles. The third-order valence-corrected chi connectivity index (χ3v) is 3.20. The highest BCUT2D eigenvalue weighted by molar-refractivity contribution is 5.99. The van der Waals surface area contributed by atoms with E-state index in [2.05, 4.69) is 29.2 Å². The van der Waals surface area contributed by atoms with Crippen molar-refractivity contribution < 1.29 is 0 Å². The van der Waals surface area contributed by atoms with Crippen LogP contribution in [0.25, 0.3) is 10.9 Å². The fourth-order valence-electron chi connectivity index (χ4n) is 2.32. The van der Waals surface area contributed by atoms with Gasteiger partial charge in [-0.2, -0.15) is 0 Å². The second kappa shape index (κ2) is 4.49. The number of para-hydroxylation sites is 1. The van der Waals surface area contributed by atoms with E-state index in [0.717, 1.165) is 28.6 Å². The Morgan fingerprint density at radius 1 is 0.944 bits per heavy atom. The van der Waals surface area contributed by atoms with Crippen LogP contribution in [-0.2, 0) is 6.42 Å². The van der Waals surface area contributed by atoms with E-state index < -0.39 is 0 Å². The van der Waals surface area contributed by atoms with Gasteiger partial charge in [-0.3, -0.25) is 0 Å². The van der Waals surface area contributed by atoms with Crippen molar-refractivity contribution in [3.8, 4) is 0 Å². The zero-order valence-electron chi connectivity index (χ0n) is 9.98. The molecule has 2 N–H and O–H groups in total. The van der Waals surface area contributed by atoms with Crippen LogP contribution in [0.5, 0.6) is 0 Å². The first-order valence-corrected chi connectivity index (χ1v) is 6.02. The van der Waals surface area contributed by atoms with Gasteiger partial charge in [0.2, 0.25) is 0 Å². The molecule has 2 heteroatoms. The minimum atomic E-state index is 0.834. The second-order valence-electron chi connectivity index (χ2n) is 4.37. The lowest BCUT2D eigenvalue weighted by molar-refractivity contribution is 1.12. The molecule has 0 aliphatic heterocycles. The van der Waals surface area contributed by atoms with Crippen molar-refractivity contribution in [2.24, 2.45) is 0 Å². The average Bonchev–Trinajstić information content (AvgIpc) is 2.77. The molecule has 0 fully saturated rings. The number of hydrogen-bond acceptors (Lipinski definition) is 1. The molecule has 1 aromatic heterocycles. The molecule has 0 radical (unpaired) electrons. The molecule has 0 amide bonds. The third-order valence-electron chi connectivity index (χ3n) is 3.20. The number of hydrogen-bond donors (Lipinski definition) is 2. The van der Waals surface area contributed by atoms with Crippen molar-refractivity contribution >= 4 is 17.1 Å². The predicted molar refractivity (Wildman–Crippen MR) is 75.4 cm³/mol. The van der Waals surface area contributed by atoms with E-state index in [1.165, 1.54) is 11.8 Å². The molecule has 18 heavy (non-hydrogen) atoms. The van der Waals surface area contributed by atoms with Crippen LogP contribution in [0.1, 0.15) is 16.8 Å². The van der Waals surface area contributed by atoms with E-state index in [9.17, 15) is 0 Å². The summed E-state index contributed by atoms with van der Waals surface area (Å²) in [4.78, 5) is 3.41. The molecule has 0 atom stereocenters. The quantitative estimate of drug-likeness (QED) is 0.648. The highest BCUT2D eigenvalue weighted by atomic mass is 14.7. The first kappa shape index (κ1) is 10.8. The summed E-state index contributed by atoms with van der Waals surface area (Å²) in [6.07, 6.45) is 2.28. The fourth-order valence-corrected chi connectivity index (χ4v) is 2.32. The summed E-state index contributed by atoms with van der Waals surface area (Å²) >= 11 is 0.